The van der Waals surface area contributed by atoms with Gasteiger partial charge in [-0.05, 0) is 57.4 Å². The molecule has 0 amide bonds. The zero-order valence-electron chi connectivity index (χ0n) is 13.6. The fourth-order valence-corrected chi connectivity index (χ4v) is 4.17. The van der Waals surface area contributed by atoms with E-state index in [1.165, 1.54) is 25.5 Å². The fraction of sp³-hybridized carbons (Fsp3) is 0.556. The average molecular weight is 314 g/mol. The first-order valence-electron chi connectivity index (χ1n) is 8.63. The Labute approximate surface area is 136 Å². The number of benzene rings is 1. The lowest BCUT2D eigenvalue weighted by Gasteiger charge is -2.39. The zero-order chi connectivity index (χ0) is 15.8. The number of likely N-dealkylation sites (tertiary alicyclic amines) is 1. The molecule has 4 rings (SSSR count). The maximum atomic E-state index is 13.6. The van der Waals surface area contributed by atoms with Crippen molar-refractivity contribution >= 4 is 16.7 Å². The zero-order valence-corrected chi connectivity index (χ0v) is 13.6. The summed E-state index contributed by atoms with van der Waals surface area (Å²) in [6.07, 6.45) is 6.56. The van der Waals surface area contributed by atoms with Crippen LogP contribution >= 0.6 is 0 Å². The topological polar surface area (TPSA) is 32.3 Å². The van der Waals surface area contributed by atoms with E-state index in [0.717, 1.165) is 48.7 Å². The van der Waals surface area contributed by atoms with Crippen LogP contribution in [0.3, 0.4) is 0 Å². The maximum Gasteiger partial charge on any atom is 0.139 e. The smallest absolute Gasteiger partial charge is 0.139 e. The van der Waals surface area contributed by atoms with Crippen LogP contribution in [0.1, 0.15) is 32.6 Å². The third kappa shape index (κ3) is 2.78. The van der Waals surface area contributed by atoms with E-state index in [1.54, 1.807) is 18.5 Å². The summed E-state index contributed by atoms with van der Waals surface area (Å²) in [6, 6.07) is 6.16. The van der Waals surface area contributed by atoms with Gasteiger partial charge in [-0.1, -0.05) is 0 Å². The molecule has 0 N–H and O–H groups in total. The van der Waals surface area contributed by atoms with Crippen molar-refractivity contribution < 1.29 is 4.39 Å². The van der Waals surface area contributed by atoms with Gasteiger partial charge in [0.25, 0.3) is 0 Å². The molecule has 2 saturated heterocycles. The van der Waals surface area contributed by atoms with E-state index in [2.05, 4.69) is 26.7 Å². The molecule has 0 bridgehead atoms. The largest absolute Gasteiger partial charge is 0.356 e. The minimum atomic E-state index is -0.227. The molecule has 4 nitrogen and oxygen atoms in total. The SMILES string of the molecule is CC1CCCN1C1CCN(c2ncnc3ccc(F)cc23)CC1. The highest BCUT2D eigenvalue weighted by Crippen LogP contribution is 2.30. The Bertz CT molecular complexity index is 696. The number of anilines is 1. The Balaban J connectivity index is 1.53. The number of hydrogen-bond donors (Lipinski definition) is 0. The molecule has 5 heteroatoms. The van der Waals surface area contributed by atoms with E-state index in [0.29, 0.717) is 6.04 Å². The van der Waals surface area contributed by atoms with Crippen molar-refractivity contribution in [2.24, 2.45) is 0 Å². The van der Waals surface area contributed by atoms with Crippen LogP contribution in [0.15, 0.2) is 24.5 Å². The Morgan fingerprint density at radius 1 is 1.09 bits per heavy atom. The van der Waals surface area contributed by atoms with Gasteiger partial charge in [0.05, 0.1) is 5.52 Å². The van der Waals surface area contributed by atoms with E-state index in [-0.39, 0.29) is 5.82 Å². The molecule has 2 aliphatic rings. The summed E-state index contributed by atoms with van der Waals surface area (Å²) < 4.78 is 13.6. The Kier molecular flexibility index (Phi) is 3.89. The van der Waals surface area contributed by atoms with Crippen LogP contribution in [0.2, 0.25) is 0 Å². The average Bonchev–Trinajstić information content (AvgIpc) is 3.00. The van der Waals surface area contributed by atoms with Crippen molar-refractivity contribution in [3.8, 4) is 0 Å². The second-order valence-electron chi connectivity index (χ2n) is 6.81. The predicted octanol–water partition coefficient (Wildman–Crippen LogP) is 3.22. The van der Waals surface area contributed by atoms with Crippen molar-refractivity contribution in [2.75, 3.05) is 24.5 Å². The number of nitrogens with zero attached hydrogens (tertiary/aromatic N) is 4. The third-order valence-electron chi connectivity index (χ3n) is 5.41. The minimum absolute atomic E-state index is 0.227. The molecule has 1 aromatic carbocycles. The molecular weight excluding hydrogens is 291 g/mol. The molecule has 0 radical (unpaired) electrons. The highest BCUT2D eigenvalue weighted by molar-refractivity contribution is 5.89. The quantitative estimate of drug-likeness (QED) is 0.852. The van der Waals surface area contributed by atoms with Gasteiger partial charge in [-0.2, -0.15) is 0 Å². The number of aromatic nitrogens is 2. The van der Waals surface area contributed by atoms with Crippen LogP contribution in [-0.2, 0) is 0 Å². The van der Waals surface area contributed by atoms with Crippen molar-refractivity contribution in [2.45, 2.75) is 44.7 Å². The van der Waals surface area contributed by atoms with Gasteiger partial charge >= 0.3 is 0 Å². The Morgan fingerprint density at radius 2 is 1.91 bits per heavy atom. The van der Waals surface area contributed by atoms with Gasteiger partial charge in [0, 0.05) is 30.6 Å². The van der Waals surface area contributed by atoms with Gasteiger partial charge in [-0.3, -0.25) is 4.90 Å². The summed E-state index contributed by atoms with van der Waals surface area (Å²) in [5.74, 6) is 0.650. The first-order chi connectivity index (χ1) is 11.2. The summed E-state index contributed by atoms with van der Waals surface area (Å²) in [6.45, 7) is 5.56. The standard InChI is InChI=1S/C18H23FN4/c1-13-3-2-8-23(13)15-6-9-22(10-7-15)18-16-11-14(19)4-5-17(16)20-12-21-18/h4-5,11-13,15H,2-3,6-10H2,1H3. The number of fused-ring (bicyclic) bond motifs is 1. The fourth-order valence-electron chi connectivity index (χ4n) is 4.17. The monoisotopic (exact) mass is 314 g/mol. The molecule has 2 aliphatic heterocycles. The highest BCUT2D eigenvalue weighted by atomic mass is 19.1. The van der Waals surface area contributed by atoms with E-state index in [4.69, 9.17) is 0 Å². The van der Waals surface area contributed by atoms with Crippen molar-refractivity contribution in [3.05, 3.63) is 30.3 Å². The normalized spacial score (nSPS) is 23.7. The molecule has 122 valence electrons. The molecule has 23 heavy (non-hydrogen) atoms. The summed E-state index contributed by atoms with van der Waals surface area (Å²) in [5.41, 5.74) is 0.812. The van der Waals surface area contributed by atoms with Gasteiger partial charge < -0.3 is 4.90 Å². The van der Waals surface area contributed by atoms with Crippen molar-refractivity contribution in [3.63, 3.8) is 0 Å². The second-order valence-corrected chi connectivity index (χ2v) is 6.81. The summed E-state index contributed by atoms with van der Waals surface area (Å²) in [5, 5.41) is 0.820. The highest BCUT2D eigenvalue weighted by Gasteiger charge is 2.31. The molecule has 1 aromatic heterocycles. The van der Waals surface area contributed by atoms with E-state index < -0.39 is 0 Å². The van der Waals surface area contributed by atoms with Gasteiger partial charge in [-0.25, -0.2) is 14.4 Å². The van der Waals surface area contributed by atoms with E-state index in [9.17, 15) is 4.39 Å². The van der Waals surface area contributed by atoms with Crippen LogP contribution in [0.25, 0.3) is 10.9 Å². The maximum absolute atomic E-state index is 13.6. The first-order valence-corrected chi connectivity index (χ1v) is 8.63. The first kappa shape index (κ1) is 14.8. The molecule has 0 aliphatic carbocycles. The lowest BCUT2D eigenvalue weighted by molar-refractivity contribution is 0.163. The predicted molar refractivity (Wildman–Crippen MR) is 90.1 cm³/mol. The van der Waals surface area contributed by atoms with Crippen LogP contribution in [0.4, 0.5) is 10.2 Å². The third-order valence-corrected chi connectivity index (χ3v) is 5.41. The number of halogens is 1. The van der Waals surface area contributed by atoms with E-state index >= 15 is 0 Å². The number of hydrogen-bond acceptors (Lipinski definition) is 4. The lowest BCUT2D eigenvalue weighted by atomic mass is 10.0. The molecule has 2 aromatic rings. The Hall–Kier alpha value is -1.75. The Morgan fingerprint density at radius 3 is 2.65 bits per heavy atom. The van der Waals surface area contributed by atoms with Crippen LogP contribution in [-0.4, -0.2) is 46.6 Å². The molecular formula is C18H23FN4. The van der Waals surface area contributed by atoms with Gasteiger partial charge in [0.1, 0.15) is 18.0 Å². The molecule has 0 saturated carbocycles. The van der Waals surface area contributed by atoms with Gasteiger partial charge in [0.2, 0.25) is 0 Å². The van der Waals surface area contributed by atoms with E-state index in [1.807, 2.05) is 0 Å². The summed E-state index contributed by atoms with van der Waals surface area (Å²) in [4.78, 5) is 13.7. The van der Waals surface area contributed by atoms with Crippen LogP contribution in [0.5, 0.6) is 0 Å². The molecule has 2 fully saturated rings. The van der Waals surface area contributed by atoms with Crippen LogP contribution in [0, 0.1) is 5.82 Å². The van der Waals surface area contributed by atoms with Crippen molar-refractivity contribution in [1.29, 1.82) is 0 Å². The summed E-state index contributed by atoms with van der Waals surface area (Å²) >= 11 is 0. The van der Waals surface area contributed by atoms with Gasteiger partial charge in [-0.15, -0.1) is 0 Å². The van der Waals surface area contributed by atoms with Crippen molar-refractivity contribution in [1.82, 2.24) is 14.9 Å². The molecule has 1 unspecified atom stereocenters. The minimum Gasteiger partial charge on any atom is -0.356 e. The summed E-state index contributed by atoms with van der Waals surface area (Å²) in [7, 11) is 0. The lowest BCUT2D eigenvalue weighted by Crippen LogP contribution is -2.46. The van der Waals surface area contributed by atoms with Gasteiger partial charge in [0.15, 0.2) is 0 Å². The molecule has 1 atom stereocenters. The molecule has 0 spiro atoms. The number of rotatable bonds is 2. The van der Waals surface area contributed by atoms with Crippen LogP contribution < -0.4 is 4.90 Å². The second kappa shape index (κ2) is 6.04. The number of piperidine rings is 1. The molecule has 3 heterocycles.